The number of fused-ring (bicyclic) bond motifs is 5. The summed E-state index contributed by atoms with van der Waals surface area (Å²) in [5, 5.41) is 0. The van der Waals surface area contributed by atoms with Gasteiger partial charge in [-0.2, -0.15) is 0 Å². The fraction of sp³-hybridized carbons (Fsp3) is 0.833. The first-order valence-electron chi connectivity index (χ1n) is 11.9. The second-order valence-corrected chi connectivity index (χ2v) is 12.4. The van der Waals surface area contributed by atoms with Crippen LogP contribution in [0.2, 0.25) is 0 Å². The zero-order chi connectivity index (χ0) is 23.7. The van der Waals surface area contributed by atoms with Crippen LogP contribution in [0.5, 0.6) is 0 Å². The summed E-state index contributed by atoms with van der Waals surface area (Å²) in [7, 11) is -4.53. The molecule has 4 aliphatic rings. The summed E-state index contributed by atoms with van der Waals surface area (Å²) in [5.41, 5.74) is -0.155. The number of ketones is 1. The molecule has 0 saturated heterocycles. The molecule has 0 bridgehead atoms. The second kappa shape index (κ2) is 10.6. The minimum Gasteiger partial charge on any atom is -0.451 e. The number of carbonyl (C=O) groups excluding carboxylic acids is 2. The first-order valence-corrected chi connectivity index (χ1v) is 13.4. The molecule has 0 heterocycles. The topological polar surface area (TPSA) is 110 Å². The Bertz CT molecular complexity index is 904. The number of esters is 1. The number of Topliss-reactive ketones (excluding diaryl/α,β-unsaturated/α-hetero) is 1. The van der Waals surface area contributed by atoms with E-state index < -0.39 is 19.5 Å². The standard InChI is InChI=1S/C24H37O7P.2Na/c1-14-12-18-19(22(4)9-6-17(13-21(14)22)31-32(27,28)29)7-10-23(5)20(18)8-11-24(23,15(2)25)30-16(3)26;;/h13-14,17-20H,6-12H2,1-5H3,(H2,27,28,29);;/t14-,17-,18+,19-,20-,22+,23-,24-;;/m0../s1. The average Bonchev–Trinajstić information content (AvgIpc) is 2.95. The Morgan fingerprint density at radius 1 is 1.03 bits per heavy atom. The van der Waals surface area contributed by atoms with Gasteiger partial charge in [-0.3, -0.25) is 14.1 Å². The molecule has 182 valence electrons. The summed E-state index contributed by atoms with van der Waals surface area (Å²) < 4.78 is 22.3. The van der Waals surface area contributed by atoms with Gasteiger partial charge in [0.1, 0.15) is 0 Å². The number of phosphoric acid groups is 1. The van der Waals surface area contributed by atoms with Crippen LogP contribution in [-0.4, -0.2) is 92.4 Å². The molecule has 0 aliphatic heterocycles. The molecule has 8 atom stereocenters. The molecular weight excluding hydrogens is 477 g/mol. The predicted octanol–water partition coefficient (Wildman–Crippen LogP) is 3.80. The van der Waals surface area contributed by atoms with Crippen molar-refractivity contribution in [2.24, 2.45) is 34.5 Å². The van der Waals surface area contributed by atoms with Gasteiger partial charge in [-0.05, 0) is 81.0 Å². The van der Waals surface area contributed by atoms with Crippen LogP contribution in [0, 0.1) is 34.5 Å². The number of phosphoric ester groups is 1. The van der Waals surface area contributed by atoms with Gasteiger partial charge in [0.25, 0.3) is 0 Å². The maximum atomic E-state index is 12.9. The second-order valence-electron chi connectivity index (χ2n) is 11.2. The van der Waals surface area contributed by atoms with Crippen molar-refractivity contribution in [3.8, 4) is 0 Å². The van der Waals surface area contributed by atoms with Crippen LogP contribution in [-0.2, 0) is 23.4 Å². The molecule has 10 heteroatoms. The van der Waals surface area contributed by atoms with Gasteiger partial charge in [-0.15, -0.1) is 0 Å². The summed E-state index contributed by atoms with van der Waals surface area (Å²) in [6.45, 7) is 9.63. The smallest absolute Gasteiger partial charge is 0.451 e. The molecule has 0 aromatic carbocycles. The van der Waals surface area contributed by atoms with Crippen molar-refractivity contribution in [2.75, 3.05) is 0 Å². The molecule has 4 aliphatic carbocycles. The zero-order valence-corrected chi connectivity index (χ0v) is 26.7. The molecule has 2 N–H and O–H groups in total. The molecule has 0 aromatic heterocycles. The molecule has 4 rings (SSSR count). The summed E-state index contributed by atoms with van der Waals surface area (Å²) in [5.74, 6) is 1.03. The summed E-state index contributed by atoms with van der Waals surface area (Å²) in [6.07, 6.45) is 7.10. The van der Waals surface area contributed by atoms with Crippen molar-refractivity contribution in [3.05, 3.63) is 11.6 Å². The molecule has 34 heavy (non-hydrogen) atoms. The quantitative estimate of drug-likeness (QED) is 0.254. The molecule has 0 aromatic rings. The van der Waals surface area contributed by atoms with Crippen molar-refractivity contribution in [1.29, 1.82) is 0 Å². The Morgan fingerprint density at radius 3 is 2.21 bits per heavy atom. The third kappa shape index (κ3) is 5.02. The van der Waals surface area contributed by atoms with Gasteiger partial charge in [0, 0.05) is 71.5 Å². The van der Waals surface area contributed by atoms with Gasteiger partial charge in [-0.25, -0.2) is 4.57 Å². The van der Waals surface area contributed by atoms with E-state index in [0.717, 1.165) is 32.1 Å². The minimum atomic E-state index is -4.53. The third-order valence-corrected chi connectivity index (χ3v) is 10.2. The van der Waals surface area contributed by atoms with Gasteiger partial charge >= 0.3 is 13.8 Å². The molecule has 0 unspecified atom stereocenters. The number of carbonyl (C=O) groups is 2. The number of hydrogen-bond acceptors (Lipinski definition) is 5. The molecule has 0 spiro atoms. The van der Waals surface area contributed by atoms with E-state index in [1.54, 1.807) is 6.92 Å². The Hall–Kier alpha value is 0.990. The SMILES string of the molecule is CC(=O)O[C@]1(C(C)=O)CC[C@H]2[C@@H]3C[C@H](C)C4=C[C@@H](OP(=O)(O)O)CC[C@]4(C)[C@H]3CC[C@@]21C.[Na].[Na]. The third-order valence-electron chi connectivity index (χ3n) is 9.66. The predicted molar refractivity (Wildman–Crippen MR) is 130 cm³/mol. The largest absolute Gasteiger partial charge is 0.470 e. The first-order chi connectivity index (χ1) is 14.7. The van der Waals surface area contributed by atoms with E-state index in [1.807, 2.05) is 6.08 Å². The zero-order valence-electron chi connectivity index (χ0n) is 21.8. The summed E-state index contributed by atoms with van der Waals surface area (Å²) in [6, 6.07) is 0. The van der Waals surface area contributed by atoms with Gasteiger partial charge < -0.3 is 14.5 Å². The maximum absolute atomic E-state index is 12.9. The Kier molecular flexibility index (Phi) is 9.76. The van der Waals surface area contributed by atoms with Crippen LogP contribution in [0.15, 0.2) is 11.6 Å². The Balaban J connectivity index is 0.00000204. The van der Waals surface area contributed by atoms with Crippen LogP contribution >= 0.6 is 7.82 Å². The van der Waals surface area contributed by atoms with Crippen LogP contribution < -0.4 is 0 Å². The normalized spacial score (nSPS) is 43.1. The molecule has 3 fully saturated rings. The minimum absolute atomic E-state index is 0. The van der Waals surface area contributed by atoms with E-state index in [4.69, 9.17) is 9.26 Å². The summed E-state index contributed by atoms with van der Waals surface area (Å²) >= 11 is 0. The van der Waals surface area contributed by atoms with Gasteiger partial charge in [-0.1, -0.05) is 32.4 Å². The van der Waals surface area contributed by atoms with E-state index in [-0.39, 0.29) is 87.6 Å². The van der Waals surface area contributed by atoms with E-state index in [0.29, 0.717) is 30.6 Å². The molecule has 2 radical (unpaired) electrons. The molecular formula is C24H37Na2O7P. The number of allylic oxidation sites excluding steroid dienone is 1. The molecule has 7 nitrogen and oxygen atoms in total. The maximum Gasteiger partial charge on any atom is 0.470 e. The van der Waals surface area contributed by atoms with Gasteiger partial charge in [0.15, 0.2) is 11.4 Å². The van der Waals surface area contributed by atoms with Crippen molar-refractivity contribution in [2.45, 2.75) is 91.3 Å². The Morgan fingerprint density at radius 2 is 1.65 bits per heavy atom. The number of ether oxygens (including phenoxy) is 1. The van der Waals surface area contributed by atoms with Crippen molar-refractivity contribution >= 4 is 78.7 Å². The van der Waals surface area contributed by atoms with Crippen LogP contribution in [0.25, 0.3) is 0 Å². The van der Waals surface area contributed by atoms with E-state index >= 15 is 0 Å². The van der Waals surface area contributed by atoms with Gasteiger partial charge in [0.05, 0.1) is 6.10 Å². The first kappa shape index (κ1) is 31.2. The summed E-state index contributed by atoms with van der Waals surface area (Å²) in [4.78, 5) is 43.4. The molecule has 3 saturated carbocycles. The van der Waals surface area contributed by atoms with Crippen LogP contribution in [0.1, 0.15) is 79.6 Å². The van der Waals surface area contributed by atoms with Crippen molar-refractivity contribution in [3.63, 3.8) is 0 Å². The number of rotatable bonds is 4. The monoisotopic (exact) mass is 514 g/mol. The van der Waals surface area contributed by atoms with Crippen molar-refractivity contribution in [1.82, 2.24) is 0 Å². The van der Waals surface area contributed by atoms with E-state index in [2.05, 4.69) is 20.8 Å². The fourth-order valence-electron chi connectivity index (χ4n) is 8.45. The average molecular weight is 515 g/mol. The van der Waals surface area contributed by atoms with Crippen molar-refractivity contribution < 1.29 is 33.2 Å². The molecule has 0 amide bonds. The number of hydrogen-bond donors (Lipinski definition) is 2. The van der Waals surface area contributed by atoms with Crippen LogP contribution in [0.3, 0.4) is 0 Å². The fourth-order valence-corrected chi connectivity index (χ4v) is 8.97. The van der Waals surface area contributed by atoms with Crippen LogP contribution in [0.4, 0.5) is 0 Å². The van der Waals surface area contributed by atoms with Gasteiger partial charge in [0.2, 0.25) is 0 Å². The van der Waals surface area contributed by atoms with E-state index in [9.17, 15) is 23.9 Å². The Labute approximate surface area is 247 Å². The van der Waals surface area contributed by atoms with E-state index in [1.165, 1.54) is 12.5 Å².